The van der Waals surface area contributed by atoms with Crippen molar-refractivity contribution in [3.63, 3.8) is 0 Å². The number of benzene rings is 8. The second-order valence-corrected chi connectivity index (χ2v) is 21.4. The van der Waals surface area contributed by atoms with Crippen molar-refractivity contribution >= 4 is 21.8 Å². The normalized spacial score (nSPS) is 12.0. The van der Waals surface area contributed by atoms with E-state index in [-0.39, 0.29) is 10.8 Å². The number of rotatable bonds is 9. The molecule has 72 heavy (non-hydrogen) atoms. The number of para-hydroxylation sites is 1. The minimum atomic E-state index is -0.235. The van der Waals surface area contributed by atoms with Crippen molar-refractivity contribution in [2.45, 2.75) is 73.1 Å². The molecule has 0 unspecified atom stereocenters. The van der Waals surface area contributed by atoms with Gasteiger partial charge in [-0.2, -0.15) is 5.10 Å². The molecule has 8 aromatic carbocycles. The summed E-state index contributed by atoms with van der Waals surface area (Å²) in [6.45, 7) is 20.2. The van der Waals surface area contributed by atoms with E-state index in [1.165, 1.54) is 44.2 Å². The molecule has 0 saturated carbocycles. The summed E-state index contributed by atoms with van der Waals surface area (Å²) >= 11 is 0. The first-order valence-electron chi connectivity index (χ1n) is 25.0. The summed E-state index contributed by atoms with van der Waals surface area (Å²) in [6.07, 6.45) is 6.03. The zero-order valence-electron chi connectivity index (χ0n) is 42.7. The van der Waals surface area contributed by atoms with E-state index in [1.54, 1.807) is 0 Å². The largest absolute Gasteiger partial charge is 0.457 e. The smallest absolute Gasteiger partial charge is 0.138 e. The Morgan fingerprint density at radius 3 is 1.76 bits per heavy atom. The van der Waals surface area contributed by atoms with E-state index in [0.717, 1.165) is 78.4 Å². The standard InChI is InChI=1S/C67H60N4O/c1-43-33-44(2)63(45(3)34-43)49-31-32-68-62(37-49)71-60-26-17-16-23-58(60)65-59(67(7,8)9)39-55(40-61(65)71)72-54-36-50(35-53(38-54)70-42-51(41-69-70)46-27-29-52(30-28-46)66(4,5)6)64-56(47-19-12-10-13-20-47)24-18-25-57(64)48-21-14-11-15-22-48/h10-42H,1-9H3. The maximum Gasteiger partial charge on any atom is 0.138 e. The van der Waals surface area contributed by atoms with Gasteiger partial charge in [-0.05, 0) is 140 Å². The molecular formula is C67H60N4O. The average molecular weight is 937 g/mol. The summed E-state index contributed by atoms with van der Waals surface area (Å²) in [4.78, 5) is 5.10. The van der Waals surface area contributed by atoms with Gasteiger partial charge >= 0.3 is 0 Å². The fraction of sp³-hybridized carbons (Fsp3) is 0.164. The first kappa shape index (κ1) is 46.1. The van der Waals surface area contributed by atoms with Crippen LogP contribution in [0.3, 0.4) is 0 Å². The molecule has 0 radical (unpaired) electrons. The quantitative estimate of drug-likeness (QED) is 0.145. The number of aryl methyl sites for hydroxylation is 3. The molecule has 0 aliphatic heterocycles. The Balaban J connectivity index is 1.12. The number of pyridine rings is 1. The molecule has 0 N–H and O–H groups in total. The Kier molecular flexibility index (Phi) is 11.6. The number of nitrogens with zero attached hydrogens (tertiary/aromatic N) is 4. The van der Waals surface area contributed by atoms with Gasteiger partial charge in [0.05, 0.1) is 22.9 Å². The maximum absolute atomic E-state index is 7.32. The van der Waals surface area contributed by atoms with Crippen molar-refractivity contribution in [1.82, 2.24) is 19.3 Å². The van der Waals surface area contributed by atoms with Gasteiger partial charge in [0.15, 0.2) is 0 Å². The average Bonchev–Trinajstić information content (AvgIpc) is 4.00. The monoisotopic (exact) mass is 936 g/mol. The summed E-state index contributed by atoms with van der Waals surface area (Å²) < 4.78 is 11.6. The van der Waals surface area contributed by atoms with E-state index < -0.39 is 0 Å². The highest BCUT2D eigenvalue weighted by atomic mass is 16.5. The molecule has 5 nitrogen and oxygen atoms in total. The van der Waals surface area contributed by atoms with E-state index >= 15 is 0 Å². The Morgan fingerprint density at radius 2 is 1.11 bits per heavy atom. The minimum absolute atomic E-state index is 0.0605. The van der Waals surface area contributed by atoms with Gasteiger partial charge in [-0.1, -0.05) is 181 Å². The fourth-order valence-electron chi connectivity index (χ4n) is 10.7. The van der Waals surface area contributed by atoms with Crippen LogP contribution in [0.2, 0.25) is 0 Å². The lowest BCUT2D eigenvalue weighted by molar-refractivity contribution is 0.479. The van der Waals surface area contributed by atoms with Gasteiger partial charge in [-0.15, -0.1) is 0 Å². The van der Waals surface area contributed by atoms with Crippen LogP contribution in [0.25, 0.3) is 88.9 Å². The minimum Gasteiger partial charge on any atom is -0.457 e. The predicted molar refractivity (Wildman–Crippen MR) is 301 cm³/mol. The summed E-state index contributed by atoms with van der Waals surface area (Å²) in [5.74, 6) is 2.29. The first-order chi connectivity index (χ1) is 34.7. The van der Waals surface area contributed by atoms with E-state index in [2.05, 4.69) is 255 Å². The third kappa shape index (κ3) is 8.70. The Labute approximate surface area is 424 Å². The predicted octanol–water partition coefficient (Wildman–Crippen LogP) is 18.0. The van der Waals surface area contributed by atoms with Crippen molar-refractivity contribution in [3.8, 4) is 78.6 Å². The molecule has 5 heteroatoms. The topological polar surface area (TPSA) is 44.9 Å². The van der Waals surface area contributed by atoms with Crippen LogP contribution in [-0.4, -0.2) is 19.3 Å². The molecule has 0 aliphatic rings. The molecule has 0 bridgehead atoms. The highest BCUT2D eigenvalue weighted by Gasteiger charge is 2.26. The number of hydrogen-bond donors (Lipinski definition) is 0. The molecule has 0 saturated heterocycles. The Hall–Kier alpha value is -8.28. The van der Waals surface area contributed by atoms with Crippen LogP contribution in [0.1, 0.15) is 69.4 Å². The lowest BCUT2D eigenvalue weighted by Gasteiger charge is -2.23. The van der Waals surface area contributed by atoms with Gasteiger partial charge in [0, 0.05) is 40.9 Å². The van der Waals surface area contributed by atoms with Crippen LogP contribution >= 0.6 is 0 Å². The van der Waals surface area contributed by atoms with Crippen LogP contribution in [0.15, 0.2) is 201 Å². The van der Waals surface area contributed by atoms with Crippen molar-refractivity contribution in [3.05, 3.63) is 228 Å². The van der Waals surface area contributed by atoms with Crippen molar-refractivity contribution in [2.75, 3.05) is 0 Å². The number of aromatic nitrogens is 4. The van der Waals surface area contributed by atoms with E-state index in [9.17, 15) is 0 Å². The van der Waals surface area contributed by atoms with Gasteiger partial charge in [0.1, 0.15) is 17.3 Å². The van der Waals surface area contributed by atoms with Crippen LogP contribution in [0.4, 0.5) is 0 Å². The number of fused-ring (bicyclic) bond motifs is 3. The van der Waals surface area contributed by atoms with E-state index in [0.29, 0.717) is 5.75 Å². The molecule has 3 aromatic heterocycles. The zero-order chi connectivity index (χ0) is 49.9. The highest BCUT2D eigenvalue weighted by Crippen LogP contribution is 2.45. The maximum atomic E-state index is 7.32. The second kappa shape index (κ2) is 18.2. The Bertz CT molecular complexity index is 3730. The summed E-state index contributed by atoms with van der Waals surface area (Å²) in [5, 5.41) is 7.40. The molecular weight excluding hydrogens is 877 g/mol. The molecule has 0 aliphatic carbocycles. The van der Waals surface area contributed by atoms with Crippen LogP contribution in [-0.2, 0) is 10.8 Å². The van der Waals surface area contributed by atoms with Crippen molar-refractivity contribution < 1.29 is 4.74 Å². The van der Waals surface area contributed by atoms with Gasteiger partial charge in [-0.25, -0.2) is 9.67 Å². The van der Waals surface area contributed by atoms with E-state index in [4.69, 9.17) is 14.8 Å². The van der Waals surface area contributed by atoms with Crippen molar-refractivity contribution in [1.29, 1.82) is 0 Å². The van der Waals surface area contributed by atoms with Crippen molar-refractivity contribution in [2.24, 2.45) is 0 Å². The van der Waals surface area contributed by atoms with Crippen LogP contribution < -0.4 is 4.74 Å². The zero-order valence-corrected chi connectivity index (χ0v) is 42.7. The Morgan fingerprint density at radius 1 is 0.472 bits per heavy atom. The third-order valence-electron chi connectivity index (χ3n) is 14.1. The molecule has 354 valence electrons. The van der Waals surface area contributed by atoms with E-state index in [1.807, 2.05) is 17.1 Å². The van der Waals surface area contributed by atoms with Gasteiger partial charge in [-0.3, -0.25) is 4.57 Å². The lowest BCUT2D eigenvalue weighted by Crippen LogP contribution is -2.12. The van der Waals surface area contributed by atoms with Gasteiger partial charge in [0.25, 0.3) is 0 Å². The summed E-state index contributed by atoms with van der Waals surface area (Å²) in [7, 11) is 0. The fourth-order valence-corrected chi connectivity index (χ4v) is 10.7. The molecule has 3 heterocycles. The summed E-state index contributed by atoms with van der Waals surface area (Å²) in [5.41, 5.74) is 20.3. The highest BCUT2D eigenvalue weighted by molar-refractivity contribution is 6.11. The second-order valence-electron chi connectivity index (χ2n) is 21.4. The molecule has 0 amide bonds. The van der Waals surface area contributed by atoms with Gasteiger partial charge in [0.2, 0.25) is 0 Å². The molecule has 11 aromatic rings. The summed E-state index contributed by atoms with van der Waals surface area (Å²) in [6, 6.07) is 65.4. The molecule has 11 rings (SSSR count). The lowest BCUT2D eigenvalue weighted by atomic mass is 9.84. The first-order valence-corrected chi connectivity index (χ1v) is 25.0. The number of hydrogen-bond acceptors (Lipinski definition) is 3. The third-order valence-corrected chi connectivity index (χ3v) is 14.1. The molecule has 0 atom stereocenters. The molecule has 0 spiro atoms. The number of ether oxygens (including phenoxy) is 1. The SMILES string of the molecule is Cc1cc(C)c(-c2ccnc(-n3c4ccccc4c4c(C(C)(C)C)cc(Oc5cc(-c6c(-c7ccccc7)cccc6-c6ccccc6)cc(-n6cc(-c7ccc(C(C)(C)C)cc7)cn6)c5)cc43)c2)c(C)c1. The van der Waals surface area contributed by atoms with Gasteiger partial charge < -0.3 is 4.74 Å². The molecule has 0 fully saturated rings. The van der Waals surface area contributed by atoms with Crippen LogP contribution in [0.5, 0.6) is 11.5 Å². The van der Waals surface area contributed by atoms with Crippen LogP contribution in [0, 0.1) is 20.8 Å².